The van der Waals surface area contributed by atoms with Crippen molar-refractivity contribution in [3.8, 4) is 6.07 Å². The van der Waals surface area contributed by atoms with Gasteiger partial charge in [0, 0.05) is 7.05 Å². The number of nitrogens with one attached hydrogen (secondary N) is 4. The molecule has 0 aliphatic heterocycles. The molecular formula is C16H16N8O2. The first kappa shape index (κ1) is 18.3. The Morgan fingerprint density at radius 3 is 2.81 bits per heavy atom. The van der Waals surface area contributed by atoms with Gasteiger partial charge in [-0.3, -0.25) is 15.0 Å². The zero-order valence-electron chi connectivity index (χ0n) is 14.1. The van der Waals surface area contributed by atoms with Gasteiger partial charge in [-0.25, -0.2) is 10.4 Å². The van der Waals surface area contributed by atoms with E-state index in [1.165, 1.54) is 19.6 Å². The highest BCUT2D eigenvalue weighted by Crippen LogP contribution is 2.08. The van der Waals surface area contributed by atoms with Gasteiger partial charge in [-0.05, 0) is 18.1 Å². The number of carbonyl (C=O) groups excluding carboxylic acids is 2. The van der Waals surface area contributed by atoms with Gasteiger partial charge in [0.15, 0.2) is 5.82 Å². The molecule has 0 unspecified atom stereocenters. The Kier molecular flexibility index (Phi) is 6.17. The Balaban J connectivity index is 2.04. The van der Waals surface area contributed by atoms with Crippen molar-refractivity contribution in [2.24, 2.45) is 10.2 Å². The minimum Gasteiger partial charge on any atom is -0.354 e. The van der Waals surface area contributed by atoms with E-state index in [0.717, 1.165) is 11.1 Å². The Bertz CT molecular complexity index is 907. The number of H-pyrrole nitrogens is 1. The molecule has 2 aromatic rings. The van der Waals surface area contributed by atoms with Crippen molar-refractivity contribution < 1.29 is 9.59 Å². The Morgan fingerprint density at radius 2 is 2.12 bits per heavy atom. The third kappa shape index (κ3) is 4.51. The van der Waals surface area contributed by atoms with Crippen LogP contribution in [0.3, 0.4) is 0 Å². The first-order valence-corrected chi connectivity index (χ1v) is 7.45. The molecule has 132 valence electrons. The second-order valence-corrected chi connectivity index (χ2v) is 4.94. The minimum absolute atomic E-state index is 0.0771. The number of nitrogens with zero attached hydrogens (tertiary/aromatic N) is 4. The van der Waals surface area contributed by atoms with Crippen LogP contribution in [0.4, 0.5) is 5.82 Å². The predicted octanol–water partition coefficient (Wildman–Crippen LogP) is 0.520. The molecule has 0 spiro atoms. The number of benzene rings is 1. The second kappa shape index (κ2) is 8.74. The van der Waals surface area contributed by atoms with E-state index in [2.05, 4.69) is 36.3 Å². The Morgan fingerprint density at radius 1 is 1.35 bits per heavy atom. The number of hydrogen-bond donors (Lipinski definition) is 4. The lowest BCUT2D eigenvalue weighted by Crippen LogP contribution is -2.27. The van der Waals surface area contributed by atoms with E-state index in [1.807, 2.05) is 31.2 Å². The van der Waals surface area contributed by atoms with Crippen molar-refractivity contribution in [2.45, 2.75) is 6.92 Å². The molecule has 0 bridgehead atoms. The molecule has 26 heavy (non-hydrogen) atoms. The van der Waals surface area contributed by atoms with Crippen LogP contribution in [0.5, 0.6) is 0 Å². The molecule has 1 heterocycles. The van der Waals surface area contributed by atoms with Gasteiger partial charge in [0.1, 0.15) is 11.8 Å². The van der Waals surface area contributed by atoms with Crippen LogP contribution in [0.25, 0.3) is 0 Å². The number of nitriles is 1. The minimum atomic E-state index is -0.804. The summed E-state index contributed by atoms with van der Waals surface area (Å²) in [5.41, 5.74) is 6.08. The van der Waals surface area contributed by atoms with Crippen molar-refractivity contribution in [2.75, 3.05) is 12.5 Å². The van der Waals surface area contributed by atoms with Gasteiger partial charge >= 0.3 is 5.91 Å². The summed E-state index contributed by atoms with van der Waals surface area (Å²) in [6.45, 7) is 1.91. The fourth-order valence-electron chi connectivity index (χ4n) is 1.86. The van der Waals surface area contributed by atoms with Gasteiger partial charge < -0.3 is 10.3 Å². The number of imidazole rings is 1. The van der Waals surface area contributed by atoms with Crippen LogP contribution in [0, 0.1) is 18.3 Å². The lowest BCUT2D eigenvalue weighted by atomic mass is 10.1. The lowest BCUT2D eigenvalue weighted by Gasteiger charge is -2.02. The van der Waals surface area contributed by atoms with Crippen LogP contribution in [0.1, 0.15) is 21.6 Å². The molecule has 0 saturated heterocycles. The number of hydrogen-bond acceptors (Lipinski definition) is 7. The van der Waals surface area contributed by atoms with Crippen LogP contribution in [0.2, 0.25) is 0 Å². The van der Waals surface area contributed by atoms with Crippen LogP contribution >= 0.6 is 0 Å². The number of aromatic amines is 1. The number of aromatic nitrogens is 2. The standard InChI is InChI=1S/C16H16N8O2/c1-10-5-3-4-6-11(10)8-21-24-15(25)12(7-17)22-23-14-13(16(26)18-2)19-9-20-14/h3-6,8-9,23H,1-2H3,(H,18,26)(H,19,20)(H,24,25)/b21-8-,22-12-. The Labute approximate surface area is 149 Å². The van der Waals surface area contributed by atoms with Gasteiger partial charge in [-0.15, -0.1) is 0 Å². The molecule has 0 radical (unpaired) electrons. The Hall–Kier alpha value is -4.00. The first-order chi connectivity index (χ1) is 12.6. The largest absolute Gasteiger partial charge is 0.354 e. The topological polar surface area (TPSA) is 147 Å². The highest BCUT2D eigenvalue weighted by Gasteiger charge is 2.14. The molecule has 0 aliphatic rings. The highest BCUT2D eigenvalue weighted by molar-refractivity contribution is 6.45. The van der Waals surface area contributed by atoms with Gasteiger partial charge in [-0.2, -0.15) is 15.5 Å². The SMILES string of the molecule is CNC(=O)c1[nH]cnc1N/N=C(/C#N)C(=O)N/N=C\c1ccccc1C. The second-order valence-electron chi connectivity index (χ2n) is 4.94. The van der Waals surface area contributed by atoms with E-state index in [9.17, 15) is 9.59 Å². The average Bonchev–Trinajstić information content (AvgIpc) is 3.11. The molecule has 10 heteroatoms. The molecule has 4 N–H and O–H groups in total. The van der Waals surface area contributed by atoms with Crippen LogP contribution in [-0.2, 0) is 4.79 Å². The zero-order chi connectivity index (χ0) is 18.9. The maximum absolute atomic E-state index is 12.0. The molecule has 2 amide bonds. The fraction of sp³-hybridized carbons (Fsp3) is 0.125. The van der Waals surface area contributed by atoms with E-state index in [-0.39, 0.29) is 11.5 Å². The van der Waals surface area contributed by atoms with E-state index in [0.29, 0.717) is 0 Å². The normalized spacial score (nSPS) is 11.0. The van der Waals surface area contributed by atoms with E-state index in [1.54, 1.807) is 6.07 Å². The van der Waals surface area contributed by atoms with Crippen molar-refractivity contribution >= 4 is 29.6 Å². The fourth-order valence-corrected chi connectivity index (χ4v) is 1.86. The van der Waals surface area contributed by atoms with Gasteiger partial charge in [-0.1, -0.05) is 24.3 Å². The summed E-state index contributed by atoms with van der Waals surface area (Å²) >= 11 is 0. The summed E-state index contributed by atoms with van der Waals surface area (Å²) in [5, 5.41) is 19.0. The summed E-state index contributed by atoms with van der Waals surface area (Å²) in [7, 11) is 1.46. The zero-order valence-corrected chi connectivity index (χ0v) is 14.1. The monoisotopic (exact) mass is 352 g/mol. The third-order valence-corrected chi connectivity index (χ3v) is 3.25. The molecule has 0 atom stereocenters. The quantitative estimate of drug-likeness (QED) is 0.442. The molecule has 0 saturated carbocycles. The van der Waals surface area contributed by atoms with Gasteiger partial charge in [0.25, 0.3) is 5.91 Å². The van der Waals surface area contributed by atoms with E-state index >= 15 is 0 Å². The number of rotatable bonds is 6. The molecule has 0 aliphatic carbocycles. The molecule has 2 rings (SSSR count). The highest BCUT2D eigenvalue weighted by atomic mass is 16.2. The smallest absolute Gasteiger partial charge is 0.302 e. The maximum atomic E-state index is 12.0. The molecule has 1 aromatic carbocycles. The predicted molar refractivity (Wildman–Crippen MR) is 95.6 cm³/mol. The summed E-state index contributed by atoms with van der Waals surface area (Å²) < 4.78 is 0. The van der Waals surface area contributed by atoms with Crippen molar-refractivity contribution in [1.29, 1.82) is 5.26 Å². The summed E-state index contributed by atoms with van der Waals surface area (Å²) in [6, 6.07) is 9.12. The van der Waals surface area contributed by atoms with Crippen LogP contribution < -0.4 is 16.2 Å². The number of hydrazone groups is 2. The third-order valence-electron chi connectivity index (χ3n) is 3.25. The van der Waals surface area contributed by atoms with Crippen molar-refractivity contribution in [3.63, 3.8) is 0 Å². The van der Waals surface area contributed by atoms with Crippen molar-refractivity contribution in [1.82, 2.24) is 20.7 Å². The molecular weight excluding hydrogens is 336 g/mol. The van der Waals surface area contributed by atoms with E-state index in [4.69, 9.17) is 5.26 Å². The number of aryl methyl sites for hydroxylation is 1. The average molecular weight is 352 g/mol. The summed E-state index contributed by atoms with van der Waals surface area (Å²) in [6.07, 6.45) is 2.74. The van der Waals surface area contributed by atoms with E-state index < -0.39 is 17.5 Å². The number of anilines is 1. The number of amides is 2. The first-order valence-electron chi connectivity index (χ1n) is 7.45. The van der Waals surface area contributed by atoms with Crippen LogP contribution in [0.15, 0.2) is 40.8 Å². The molecule has 0 fully saturated rings. The summed E-state index contributed by atoms with van der Waals surface area (Å²) in [4.78, 5) is 30.1. The van der Waals surface area contributed by atoms with Gasteiger partial charge in [0.05, 0.1) is 12.5 Å². The lowest BCUT2D eigenvalue weighted by molar-refractivity contribution is -0.114. The maximum Gasteiger partial charge on any atom is 0.302 e. The summed E-state index contributed by atoms with van der Waals surface area (Å²) in [5.74, 6) is -1.15. The van der Waals surface area contributed by atoms with Gasteiger partial charge in [0.2, 0.25) is 5.71 Å². The van der Waals surface area contributed by atoms with Crippen LogP contribution in [-0.4, -0.2) is 40.8 Å². The van der Waals surface area contributed by atoms with Crippen molar-refractivity contribution in [3.05, 3.63) is 47.4 Å². The number of carbonyl (C=O) groups is 2. The molecule has 1 aromatic heterocycles. The molecule has 10 nitrogen and oxygen atoms in total.